The second kappa shape index (κ2) is 15.0. The molecule has 3 heterocycles. The van der Waals surface area contributed by atoms with Gasteiger partial charge in [0, 0.05) is 11.2 Å². The normalized spacial score (nSPS) is 31.8. The number of allylic oxidation sites excluding steroid dienone is 1. The summed E-state index contributed by atoms with van der Waals surface area (Å²) < 4.78 is 80.5. The summed E-state index contributed by atoms with van der Waals surface area (Å²) in [6.07, 6.45) is -1.91. The lowest BCUT2D eigenvalue weighted by Gasteiger charge is -2.35. The molecule has 5 aliphatic rings. The molecule has 7 rings (SSSR count). The highest BCUT2D eigenvalue weighted by molar-refractivity contribution is 7.99. The van der Waals surface area contributed by atoms with Crippen molar-refractivity contribution in [3.63, 3.8) is 0 Å². The van der Waals surface area contributed by atoms with Gasteiger partial charge in [0.1, 0.15) is 29.8 Å². The largest absolute Gasteiger partial charge is 0.471 e. The molecule has 1 aromatic carbocycles. The van der Waals surface area contributed by atoms with Gasteiger partial charge in [-0.05, 0) is 81.0 Å². The lowest BCUT2D eigenvalue weighted by atomic mass is 9.85. The Hall–Kier alpha value is -4.19. The van der Waals surface area contributed by atoms with Crippen molar-refractivity contribution in [3.05, 3.63) is 42.1 Å². The number of amides is 4. The first-order valence-corrected chi connectivity index (χ1v) is 19.7. The number of nitrogens with zero attached hydrogens (tertiary/aromatic N) is 3. The average molecular weight is 807 g/mol. The summed E-state index contributed by atoms with van der Waals surface area (Å²) in [6, 6.07) is 3.65. The molecule has 56 heavy (non-hydrogen) atoms. The summed E-state index contributed by atoms with van der Waals surface area (Å²) in [7, 11) is 0. The van der Waals surface area contributed by atoms with Gasteiger partial charge in [-0.3, -0.25) is 19.1 Å². The van der Waals surface area contributed by atoms with Gasteiger partial charge in [0.05, 0.1) is 36.2 Å². The molecule has 1 unspecified atom stereocenters. The second-order valence-electron chi connectivity index (χ2n) is 16.7. The van der Waals surface area contributed by atoms with Crippen LogP contribution < -0.4 is 20.1 Å². The number of ether oxygens (including phenoxy) is 3. The number of carbonyl (C=O) groups is 4. The van der Waals surface area contributed by atoms with Crippen molar-refractivity contribution < 1.29 is 51.0 Å². The van der Waals surface area contributed by atoms with Gasteiger partial charge in [-0.2, -0.15) is 8.78 Å². The first-order chi connectivity index (χ1) is 26.4. The molecule has 304 valence electrons. The average Bonchev–Trinajstić information content (AvgIpc) is 3.94. The number of hydrogen-bond donors (Lipinski definition) is 3. The number of nitrogens with one attached hydrogen (secondary N) is 3. The van der Waals surface area contributed by atoms with Crippen LogP contribution in [0.3, 0.4) is 0 Å². The fraction of sp³-hybridized carbons (Fsp3) is 0.632. The molecule has 2 aliphatic heterocycles. The number of fused-ring (bicyclic) bond motifs is 5. The lowest BCUT2D eigenvalue weighted by Crippen LogP contribution is -2.60. The number of carbonyl (C=O) groups excluding carboxylic acids is 4. The quantitative estimate of drug-likeness (QED) is 0.202. The Morgan fingerprint density at radius 2 is 1.75 bits per heavy atom. The maximum absolute atomic E-state index is 16.0. The van der Waals surface area contributed by atoms with E-state index in [0.29, 0.717) is 25.3 Å². The van der Waals surface area contributed by atoms with Crippen molar-refractivity contribution in [2.75, 3.05) is 13.2 Å². The van der Waals surface area contributed by atoms with Gasteiger partial charge >= 0.3 is 12.0 Å². The van der Waals surface area contributed by atoms with Gasteiger partial charge in [-0.25, -0.2) is 23.5 Å². The Labute approximate surface area is 325 Å². The summed E-state index contributed by atoms with van der Waals surface area (Å²) in [5.74, 6) is -8.18. The third kappa shape index (κ3) is 8.27. The van der Waals surface area contributed by atoms with Gasteiger partial charge in [-0.1, -0.05) is 39.0 Å². The number of hydrogen-bond acceptors (Lipinski definition) is 10. The maximum Gasteiger partial charge on any atom is 0.408 e. The molecule has 2 bridgehead atoms. The van der Waals surface area contributed by atoms with Gasteiger partial charge in [0.2, 0.25) is 24.1 Å². The SMILES string of the molecule is CC1(SNC(=O)[C@@]2(NC(=O)[C@@H]3C[C@@H]4CN3C(=O)[C@H](C(C)(C)C)NC(=O)O[C@@H]3CCC[C@H]3OC/C=C/C(F)(F)c3nc5ccccc5nc3O4)CC2C(F)F)CC1. The molecule has 3 saturated carbocycles. The first-order valence-electron chi connectivity index (χ1n) is 18.9. The molecule has 13 nitrogen and oxygen atoms in total. The number of rotatable bonds is 6. The van der Waals surface area contributed by atoms with E-state index in [4.69, 9.17) is 14.2 Å². The highest BCUT2D eigenvalue weighted by Crippen LogP contribution is 2.51. The molecule has 7 atom stereocenters. The zero-order valence-electron chi connectivity index (χ0n) is 31.5. The van der Waals surface area contributed by atoms with E-state index >= 15 is 8.78 Å². The first kappa shape index (κ1) is 40.0. The molecule has 0 radical (unpaired) electrons. The smallest absolute Gasteiger partial charge is 0.408 e. The minimum absolute atomic E-state index is 0.173. The van der Waals surface area contributed by atoms with Gasteiger partial charge in [-0.15, -0.1) is 0 Å². The third-order valence-electron chi connectivity index (χ3n) is 11.2. The van der Waals surface area contributed by atoms with Crippen LogP contribution in [0.5, 0.6) is 5.88 Å². The summed E-state index contributed by atoms with van der Waals surface area (Å²) in [4.78, 5) is 65.4. The van der Waals surface area contributed by atoms with E-state index in [-0.39, 0.29) is 41.8 Å². The molecular weight excluding hydrogens is 761 g/mol. The van der Waals surface area contributed by atoms with Crippen molar-refractivity contribution in [2.45, 2.75) is 126 Å². The van der Waals surface area contributed by atoms with E-state index in [2.05, 4.69) is 25.3 Å². The molecular formula is C38H46F4N6O7S. The number of halogens is 4. The van der Waals surface area contributed by atoms with Gasteiger partial charge < -0.3 is 29.7 Å². The van der Waals surface area contributed by atoms with Gasteiger partial charge in [0.15, 0.2) is 5.69 Å². The Morgan fingerprint density at radius 3 is 2.41 bits per heavy atom. The number of benzene rings is 1. The second-order valence-corrected chi connectivity index (χ2v) is 18.0. The van der Waals surface area contributed by atoms with Crippen LogP contribution >= 0.6 is 11.9 Å². The van der Waals surface area contributed by atoms with E-state index in [1.165, 1.54) is 6.07 Å². The molecule has 2 aromatic rings. The van der Waals surface area contributed by atoms with Crippen LogP contribution in [-0.2, 0) is 29.8 Å². The number of alkyl carbamates (subject to hydrolysis) is 1. The van der Waals surface area contributed by atoms with E-state index < -0.39 is 95.0 Å². The topological polar surface area (TPSA) is 161 Å². The van der Waals surface area contributed by atoms with Crippen LogP contribution in [0.2, 0.25) is 0 Å². The minimum Gasteiger partial charge on any atom is -0.471 e. The van der Waals surface area contributed by atoms with Gasteiger partial charge in [0.25, 0.3) is 5.91 Å². The molecule has 3 aliphatic carbocycles. The summed E-state index contributed by atoms with van der Waals surface area (Å²) in [5, 5.41) is 5.21. The lowest BCUT2D eigenvalue weighted by molar-refractivity contribution is -0.143. The van der Waals surface area contributed by atoms with E-state index in [1.807, 2.05) is 6.92 Å². The monoisotopic (exact) mass is 806 g/mol. The predicted molar refractivity (Wildman–Crippen MR) is 196 cm³/mol. The minimum atomic E-state index is -3.72. The molecule has 4 amide bonds. The molecule has 1 aromatic heterocycles. The van der Waals surface area contributed by atoms with Crippen molar-refractivity contribution >= 4 is 46.8 Å². The van der Waals surface area contributed by atoms with Crippen molar-refractivity contribution in [2.24, 2.45) is 11.3 Å². The molecule has 0 spiro atoms. The third-order valence-corrected chi connectivity index (χ3v) is 12.3. The Morgan fingerprint density at radius 1 is 1.05 bits per heavy atom. The van der Waals surface area contributed by atoms with Crippen molar-refractivity contribution in [1.29, 1.82) is 0 Å². The Bertz CT molecular complexity index is 1910. The van der Waals surface area contributed by atoms with E-state index in [0.717, 1.165) is 35.8 Å². The standard InChI is InChI=1S/C38H46F4N6O7S/c1-35(2,3)28-32(50)48-19-20(17-24(48)30(49)46-37(18-21(37)29(39)40)33(51)47-56-36(4)14-15-36)54-31-27(43-22-9-5-6-10-23(22)44-31)38(41,42)13-8-16-53-25-11-7-12-26(25)55-34(52)45-28/h5-6,8-10,13,20-21,24-26,28-29H,7,11-12,14-19H2,1-4H3,(H,45,52)(H,46,49)(H,47,51)/b13-8+/t20-,21?,24+,25-,26-,28-,37-/m1/s1. The van der Waals surface area contributed by atoms with Crippen LogP contribution in [-0.4, -0.2) is 98.9 Å². The molecule has 18 heteroatoms. The Balaban J connectivity index is 1.25. The molecule has 1 saturated heterocycles. The summed E-state index contributed by atoms with van der Waals surface area (Å²) in [6.45, 7) is 6.44. The van der Waals surface area contributed by atoms with Crippen LogP contribution in [0.4, 0.5) is 22.4 Å². The summed E-state index contributed by atoms with van der Waals surface area (Å²) in [5.41, 5.74) is -3.29. The van der Waals surface area contributed by atoms with E-state index in [1.54, 1.807) is 39.0 Å². The fourth-order valence-electron chi connectivity index (χ4n) is 7.49. The summed E-state index contributed by atoms with van der Waals surface area (Å²) >= 11 is 1.12. The fourth-order valence-corrected chi connectivity index (χ4v) is 8.31. The van der Waals surface area contributed by atoms with Crippen LogP contribution in [0.1, 0.15) is 78.3 Å². The highest BCUT2D eigenvalue weighted by Gasteiger charge is 2.66. The number of para-hydroxylation sites is 2. The van der Waals surface area contributed by atoms with Crippen molar-refractivity contribution in [1.82, 2.24) is 30.2 Å². The number of aromatic nitrogens is 2. The molecule has 3 N–H and O–H groups in total. The Kier molecular flexibility index (Phi) is 10.7. The van der Waals surface area contributed by atoms with Crippen LogP contribution in [0, 0.1) is 11.3 Å². The zero-order chi connectivity index (χ0) is 40.2. The zero-order valence-corrected chi connectivity index (χ0v) is 32.3. The predicted octanol–water partition coefficient (Wildman–Crippen LogP) is 5.18. The number of alkyl halides is 4. The molecule has 4 fully saturated rings. The van der Waals surface area contributed by atoms with E-state index in [9.17, 15) is 28.0 Å². The van der Waals surface area contributed by atoms with Crippen LogP contribution in [0.25, 0.3) is 11.0 Å². The highest BCUT2D eigenvalue weighted by atomic mass is 32.2. The maximum atomic E-state index is 16.0. The van der Waals surface area contributed by atoms with Crippen molar-refractivity contribution in [3.8, 4) is 5.88 Å². The van der Waals surface area contributed by atoms with Crippen LogP contribution in [0.15, 0.2) is 36.4 Å².